The number of nitrogens with zero attached hydrogens (tertiary/aromatic N) is 2. The lowest BCUT2D eigenvalue weighted by molar-refractivity contribution is -0.0625. The molecule has 1 aliphatic rings. The van der Waals surface area contributed by atoms with E-state index in [0.29, 0.717) is 18.3 Å². The van der Waals surface area contributed by atoms with Gasteiger partial charge in [0.25, 0.3) is 0 Å². The fourth-order valence-electron chi connectivity index (χ4n) is 3.08. The van der Waals surface area contributed by atoms with Crippen molar-refractivity contribution < 1.29 is 4.74 Å². The Labute approximate surface area is 136 Å². The molecule has 1 saturated carbocycles. The average Bonchev–Trinajstić information content (AvgIpc) is 2.68. The zero-order valence-electron chi connectivity index (χ0n) is 13.3. The normalized spacial score (nSPS) is 18.7. The van der Waals surface area contributed by atoms with Gasteiger partial charge in [0.1, 0.15) is 11.4 Å². The Kier molecular flexibility index (Phi) is 5.60. The highest BCUT2D eigenvalue weighted by atomic mass is 79.9. The Hall–Kier alpha value is -0.680. The van der Waals surface area contributed by atoms with Gasteiger partial charge in [0, 0.05) is 6.61 Å². The van der Waals surface area contributed by atoms with E-state index in [-0.39, 0.29) is 5.60 Å². The van der Waals surface area contributed by atoms with Gasteiger partial charge in [-0.15, -0.1) is 0 Å². The standard InChI is InChI=1S/C16H26BrN3O/c1-4-21-16(9-7-5-6-8-10-16)15-19-13(11(2)3)12(17)14(18)20-15/h11H,4-10H2,1-3H3,(H2,18,19,20). The predicted octanol–water partition coefficient (Wildman–Crippen LogP) is 4.53. The topological polar surface area (TPSA) is 61.0 Å². The second-order valence-corrected chi connectivity index (χ2v) is 6.92. The lowest BCUT2D eigenvalue weighted by Gasteiger charge is -2.32. The summed E-state index contributed by atoms with van der Waals surface area (Å²) >= 11 is 3.52. The molecule has 0 atom stereocenters. The minimum Gasteiger partial charge on any atom is -0.383 e. The van der Waals surface area contributed by atoms with Gasteiger partial charge < -0.3 is 10.5 Å². The summed E-state index contributed by atoms with van der Waals surface area (Å²) in [4.78, 5) is 9.39. The van der Waals surface area contributed by atoms with Crippen LogP contribution in [0.2, 0.25) is 0 Å². The van der Waals surface area contributed by atoms with Crippen LogP contribution in [0.15, 0.2) is 4.47 Å². The Balaban J connectivity index is 2.49. The maximum atomic E-state index is 6.17. The molecule has 0 aromatic carbocycles. The van der Waals surface area contributed by atoms with E-state index < -0.39 is 0 Å². The van der Waals surface area contributed by atoms with Crippen molar-refractivity contribution in [3.8, 4) is 0 Å². The first kappa shape index (κ1) is 16.7. The summed E-state index contributed by atoms with van der Waals surface area (Å²) in [6.07, 6.45) is 6.82. The van der Waals surface area contributed by atoms with E-state index in [1.54, 1.807) is 0 Å². The third-order valence-electron chi connectivity index (χ3n) is 4.19. The van der Waals surface area contributed by atoms with Crippen LogP contribution in [-0.2, 0) is 10.3 Å². The Bertz CT molecular complexity index is 483. The maximum absolute atomic E-state index is 6.17. The molecule has 1 aromatic rings. The van der Waals surface area contributed by atoms with Gasteiger partial charge in [-0.3, -0.25) is 0 Å². The van der Waals surface area contributed by atoms with Gasteiger partial charge >= 0.3 is 0 Å². The second kappa shape index (κ2) is 7.05. The van der Waals surface area contributed by atoms with Crippen molar-refractivity contribution in [3.05, 3.63) is 16.0 Å². The molecule has 0 saturated heterocycles. The van der Waals surface area contributed by atoms with Crippen LogP contribution in [0.25, 0.3) is 0 Å². The molecule has 0 spiro atoms. The van der Waals surface area contributed by atoms with Gasteiger partial charge in [-0.2, -0.15) is 0 Å². The minimum absolute atomic E-state index is 0.299. The van der Waals surface area contributed by atoms with Crippen LogP contribution in [0.4, 0.5) is 5.82 Å². The highest BCUT2D eigenvalue weighted by Crippen LogP contribution is 2.39. The fourth-order valence-corrected chi connectivity index (χ4v) is 3.71. The molecular formula is C16H26BrN3O. The number of halogens is 1. The van der Waals surface area contributed by atoms with Crippen molar-refractivity contribution in [1.29, 1.82) is 0 Å². The van der Waals surface area contributed by atoms with Crippen molar-refractivity contribution in [2.75, 3.05) is 12.3 Å². The third kappa shape index (κ3) is 3.57. The molecule has 0 bridgehead atoms. The van der Waals surface area contributed by atoms with E-state index >= 15 is 0 Å². The lowest BCUT2D eigenvalue weighted by atomic mass is 9.92. The van der Waals surface area contributed by atoms with Crippen molar-refractivity contribution in [1.82, 2.24) is 9.97 Å². The quantitative estimate of drug-likeness (QED) is 0.805. The zero-order valence-corrected chi connectivity index (χ0v) is 14.9. The van der Waals surface area contributed by atoms with E-state index in [9.17, 15) is 0 Å². The highest BCUT2D eigenvalue weighted by Gasteiger charge is 2.37. The van der Waals surface area contributed by atoms with Gasteiger partial charge in [-0.1, -0.05) is 39.5 Å². The summed E-state index contributed by atoms with van der Waals surface area (Å²) in [6, 6.07) is 0. The van der Waals surface area contributed by atoms with Crippen LogP contribution in [0.1, 0.15) is 76.7 Å². The number of hydrogen-bond acceptors (Lipinski definition) is 4. The van der Waals surface area contributed by atoms with Gasteiger partial charge in [0.05, 0.1) is 10.2 Å². The summed E-state index contributed by atoms with van der Waals surface area (Å²) in [6.45, 7) is 6.96. The van der Waals surface area contributed by atoms with Gasteiger partial charge in [-0.25, -0.2) is 9.97 Å². The van der Waals surface area contributed by atoms with E-state index in [2.05, 4.69) is 34.8 Å². The largest absolute Gasteiger partial charge is 0.383 e. The average molecular weight is 356 g/mol. The van der Waals surface area contributed by atoms with E-state index in [4.69, 9.17) is 15.5 Å². The van der Waals surface area contributed by atoms with Crippen LogP contribution in [0.5, 0.6) is 0 Å². The summed E-state index contributed by atoms with van der Waals surface area (Å²) < 4.78 is 6.99. The summed E-state index contributed by atoms with van der Waals surface area (Å²) in [7, 11) is 0. The molecule has 0 amide bonds. The molecule has 2 N–H and O–H groups in total. The number of ether oxygens (including phenoxy) is 1. The first-order valence-electron chi connectivity index (χ1n) is 7.97. The second-order valence-electron chi connectivity index (χ2n) is 6.13. The van der Waals surface area contributed by atoms with E-state index in [1.165, 1.54) is 12.8 Å². The highest BCUT2D eigenvalue weighted by molar-refractivity contribution is 9.10. The first-order chi connectivity index (χ1) is 10.00. The van der Waals surface area contributed by atoms with Gasteiger partial charge in [0.2, 0.25) is 0 Å². The molecule has 21 heavy (non-hydrogen) atoms. The Morgan fingerprint density at radius 3 is 2.33 bits per heavy atom. The predicted molar refractivity (Wildman–Crippen MR) is 89.2 cm³/mol. The maximum Gasteiger partial charge on any atom is 0.162 e. The van der Waals surface area contributed by atoms with Crippen molar-refractivity contribution in [2.45, 2.75) is 70.8 Å². The number of rotatable bonds is 4. The van der Waals surface area contributed by atoms with Crippen molar-refractivity contribution >= 4 is 21.7 Å². The monoisotopic (exact) mass is 355 g/mol. The van der Waals surface area contributed by atoms with Gasteiger partial charge in [0.15, 0.2) is 5.82 Å². The molecule has 118 valence electrons. The Morgan fingerprint density at radius 2 is 1.81 bits per heavy atom. The summed E-state index contributed by atoms with van der Waals surface area (Å²) in [5, 5.41) is 0. The Morgan fingerprint density at radius 1 is 1.19 bits per heavy atom. The van der Waals surface area contributed by atoms with Crippen molar-refractivity contribution in [2.24, 2.45) is 0 Å². The summed E-state index contributed by atoms with van der Waals surface area (Å²) in [5.74, 6) is 1.59. The summed E-state index contributed by atoms with van der Waals surface area (Å²) in [5.41, 5.74) is 6.72. The molecule has 2 rings (SSSR count). The molecule has 0 unspecified atom stereocenters. The smallest absolute Gasteiger partial charge is 0.162 e. The minimum atomic E-state index is -0.357. The molecule has 1 aliphatic carbocycles. The fraction of sp³-hybridized carbons (Fsp3) is 0.750. The number of nitrogens with two attached hydrogens (primary N) is 1. The van der Waals surface area contributed by atoms with Crippen LogP contribution >= 0.6 is 15.9 Å². The van der Waals surface area contributed by atoms with Crippen LogP contribution in [0, 0.1) is 0 Å². The zero-order chi connectivity index (χ0) is 15.5. The van der Waals surface area contributed by atoms with Crippen LogP contribution in [-0.4, -0.2) is 16.6 Å². The molecule has 1 fully saturated rings. The SMILES string of the molecule is CCOC1(c2nc(N)c(Br)c(C(C)C)n2)CCCCCC1. The lowest BCUT2D eigenvalue weighted by Crippen LogP contribution is -2.32. The molecule has 5 heteroatoms. The molecule has 1 aromatic heterocycles. The number of aromatic nitrogens is 2. The van der Waals surface area contributed by atoms with E-state index in [1.807, 2.05) is 6.92 Å². The molecule has 4 nitrogen and oxygen atoms in total. The molecule has 1 heterocycles. The molecule has 0 aliphatic heterocycles. The van der Waals surface area contributed by atoms with Crippen LogP contribution < -0.4 is 5.73 Å². The number of anilines is 1. The van der Waals surface area contributed by atoms with Gasteiger partial charge in [-0.05, 0) is 41.6 Å². The van der Waals surface area contributed by atoms with Crippen molar-refractivity contribution in [3.63, 3.8) is 0 Å². The van der Waals surface area contributed by atoms with Crippen LogP contribution in [0.3, 0.4) is 0 Å². The molecular weight excluding hydrogens is 330 g/mol. The first-order valence-corrected chi connectivity index (χ1v) is 8.77. The number of hydrogen-bond donors (Lipinski definition) is 1. The third-order valence-corrected chi connectivity index (χ3v) is 5.00. The van der Waals surface area contributed by atoms with E-state index in [0.717, 1.165) is 41.7 Å². The molecule has 0 radical (unpaired) electrons. The number of nitrogen functional groups attached to an aromatic ring is 1.